The number of benzene rings is 1. The molecule has 1 saturated heterocycles. The topological polar surface area (TPSA) is 90.2 Å². The lowest BCUT2D eigenvalue weighted by atomic mass is 10.2. The van der Waals surface area contributed by atoms with Gasteiger partial charge in [0.1, 0.15) is 22.9 Å². The van der Waals surface area contributed by atoms with Gasteiger partial charge in [0.05, 0.1) is 18.4 Å². The van der Waals surface area contributed by atoms with Crippen LogP contribution in [0.4, 0.5) is 0 Å². The predicted molar refractivity (Wildman–Crippen MR) is 110 cm³/mol. The van der Waals surface area contributed by atoms with E-state index in [-0.39, 0.29) is 22.8 Å². The van der Waals surface area contributed by atoms with E-state index < -0.39 is 16.0 Å². The third-order valence-corrected chi connectivity index (χ3v) is 7.08. The number of carbonyl (C=O) groups is 1. The molecule has 0 atom stereocenters. The van der Waals surface area contributed by atoms with Crippen molar-refractivity contribution in [2.75, 3.05) is 20.2 Å². The summed E-state index contributed by atoms with van der Waals surface area (Å²) in [4.78, 5) is 17.0. The molecule has 158 valence electrons. The van der Waals surface area contributed by atoms with Gasteiger partial charge in [-0.05, 0) is 49.6 Å². The Hall–Kier alpha value is -2.91. The van der Waals surface area contributed by atoms with Crippen LogP contribution < -0.4 is 4.74 Å². The number of ether oxygens (including phenoxy) is 2. The SMILES string of the molecule is COc1ccc(C(=O)OCc2cn3cccc(C)c3n2)cc1S(=O)(=O)N1CCCC1. The number of pyridine rings is 1. The first-order chi connectivity index (χ1) is 14.4. The van der Waals surface area contributed by atoms with E-state index in [1.54, 1.807) is 6.20 Å². The van der Waals surface area contributed by atoms with Gasteiger partial charge in [0.2, 0.25) is 10.0 Å². The van der Waals surface area contributed by atoms with Crippen molar-refractivity contribution >= 4 is 21.6 Å². The maximum atomic E-state index is 13.0. The second kappa shape index (κ2) is 8.08. The lowest BCUT2D eigenvalue weighted by molar-refractivity contribution is 0.0468. The van der Waals surface area contributed by atoms with Gasteiger partial charge in [-0.3, -0.25) is 0 Å². The summed E-state index contributed by atoms with van der Waals surface area (Å²) in [5.41, 5.74) is 2.57. The molecule has 0 aliphatic carbocycles. The third kappa shape index (κ3) is 3.78. The number of aromatic nitrogens is 2. The fourth-order valence-corrected chi connectivity index (χ4v) is 5.27. The lowest BCUT2D eigenvalue weighted by Gasteiger charge is -2.18. The van der Waals surface area contributed by atoms with Crippen LogP contribution in [0.3, 0.4) is 0 Å². The van der Waals surface area contributed by atoms with Crippen LogP contribution in [0.25, 0.3) is 5.65 Å². The number of imidazole rings is 1. The summed E-state index contributed by atoms with van der Waals surface area (Å²) in [6.45, 7) is 2.87. The summed E-state index contributed by atoms with van der Waals surface area (Å²) in [6, 6.07) is 8.17. The van der Waals surface area contributed by atoms with Crippen molar-refractivity contribution in [3.05, 3.63) is 59.5 Å². The molecular formula is C21H23N3O5S. The molecule has 3 heterocycles. The molecule has 0 unspecified atom stereocenters. The normalized spacial score (nSPS) is 14.9. The minimum atomic E-state index is -3.74. The number of hydrogen-bond donors (Lipinski definition) is 0. The van der Waals surface area contributed by atoms with Gasteiger partial charge in [-0.2, -0.15) is 4.31 Å². The zero-order valence-electron chi connectivity index (χ0n) is 16.9. The van der Waals surface area contributed by atoms with Crippen LogP contribution in [0.15, 0.2) is 47.6 Å². The fourth-order valence-electron chi connectivity index (χ4n) is 3.57. The Kier molecular flexibility index (Phi) is 5.48. The summed E-state index contributed by atoms with van der Waals surface area (Å²) in [5, 5.41) is 0. The molecule has 4 rings (SSSR count). The van der Waals surface area contributed by atoms with Crippen molar-refractivity contribution in [3.8, 4) is 5.75 Å². The second-order valence-electron chi connectivity index (χ2n) is 7.21. The van der Waals surface area contributed by atoms with E-state index in [4.69, 9.17) is 9.47 Å². The van der Waals surface area contributed by atoms with E-state index in [0.717, 1.165) is 24.1 Å². The van der Waals surface area contributed by atoms with E-state index >= 15 is 0 Å². The maximum Gasteiger partial charge on any atom is 0.338 e. The highest BCUT2D eigenvalue weighted by molar-refractivity contribution is 7.89. The zero-order valence-corrected chi connectivity index (χ0v) is 17.7. The van der Waals surface area contributed by atoms with Gasteiger partial charge in [0, 0.05) is 25.5 Å². The minimum absolute atomic E-state index is 0.0137. The summed E-state index contributed by atoms with van der Waals surface area (Å²) in [7, 11) is -2.34. The summed E-state index contributed by atoms with van der Waals surface area (Å²) >= 11 is 0. The van der Waals surface area contributed by atoms with Crippen LogP contribution in [0, 0.1) is 6.92 Å². The number of esters is 1. The van der Waals surface area contributed by atoms with E-state index in [1.165, 1.54) is 29.6 Å². The standard InChI is InChI=1S/C21H23N3O5S/c1-15-6-5-9-23-13-17(22-20(15)23)14-29-21(25)16-7-8-18(28-2)19(12-16)30(26,27)24-10-3-4-11-24/h5-9,12-13H,3-4,10-11,14H2,1-2H3. The third-order valence-electron chi connectivity index (χ3n) is 5.16. The van der Waals surface area contributed by atoms with Crippen LogP contribution >= 0.6 is 0 Å². The number of carbonyl (C=O) groups excluding carboxylic acids is 1. The van der Waals surface area contributed by atoms with Crippen molar-refractivity contribution in [3.63, 3.8) is 0 Å². The number of nitrogens with zero attached hydrogens (tertiary/aromatic N) is 3. The number of methoxy groups -OCH3 is 1. The fraction of sp³-hybridized carbons (Fsp3) is 0.333. The average Bonchev–Trinajstić information content (AvgIpc) is 3.42. The molecule has 0 spiro atoms. The van der Waals surface area contributed by atoms with Crippen molar-refractivity contribution in [1.29, 1.82) is 0 Å². The van der Waals surface area contributed by atoms with E-state index in [0.29, 0.717) is 18.8 Å². The van der Waals surface area contributed by atoms with Crippen molar-refractivity contribution in [2.45, 2.75) is 31.3 Å². The Morgan fingerprint density at radius 1 is 1.20 bits per heavy atom. The number of hydrogen-bond acceptors (Lipinski definition) is 6. The van der Waals surface area contributed by atoms with Crippen molar-refractivity contribution in [2.24, 2.45) is 0 Å². The molecule has 0 radical (unpaired) electrons. The Labute approximate surface area is 175 Å². The van der Waals surface area contributed by atoms with Gasteiger partial charge >= 0.3 is 5.97 Å². The monoisotopic (exact) mass is 429 g/mol. The van der Waals surface area contributed by atoms with Crippen LogP contribution in [0.5, 0.6) is 5.75 Å². The van der Waals surface area contributed by atoms with Gasteiger partial charge in [-0.1, -0.05) is 6.07 Å². The highest BCUT2D eigenvalue weighted by atomic mass is 32.2. The van der Waals surface area contributed by atoms with Crippen LogP contribution in [0.2, 0.25) is 0 Å². The molecule has 1 aliphatic heterocycles. The van der Waals surface area contributed by atoms with E-state index in [1.807, 2.05) is 29.7 Å². The largest absolute Gasteiger partial charge is 0.495 e. The average molecular weight is 429 g/mol. The molecular weight excluding hydrogens is 406 g/mol. The van der Waals surface area contributed by atoms with Crippen LogP contribution in [0.1, 0.15) is 34.5 Å². The maximum absolute atomic E-state index is 13.0. The molecule has 30 heavy (non-hydrogen) atoms. The van der Waals surface area contributed by atoms with Gasteiger partial charge in [0.15, 0.2) is 0 Å². The molecule has 8 nitrogen and oxygen atoms in total. The molecule has 0 bridgehead atoms. The smallest absolute Gasteiger partial charge is 0.338 e. The molecule has 1 aromatic carbocycles. The highest BCUT2D eigenvalue weighted by Crippen LogP contribution is 2.30. The summed E-state index contributed by atoms with van der Waals surface area (Å²) < 4.78 is 39.9. The van der Waals surface area contributed by atoms with Crippen molar-refractivity contribution < 1.29 is 22.7 Å². The van der Waals surface area contributed by atoms with Gasteiger partial charge in [-0.15, -0.1) is 0 Å². The molecule has 2 aromatic heterocycles. The molecule has 9 heteroatoms. The number of fused-ring (bicyclic) bond motifs is 1. The quantitative estimate of drug-likeness (QED) is 0.560. The van der Waals surface area contributed by atoms with Crippen LogP contribution in [-0.2, 0) is 21.4 Å². The Morgan fingerprint density at radius 3 is 2.67 bits per heavy atom. The summed E-state index contributed by atoms with van der Waals surface area (Å²) in [5.74, 6) is -0.418. The first-order valence-electron chi connectivity index (χ1n) is 9.68. The lowest BCUT2D eigenvalue weighted by Crippen LogP contribution is -2.28. The molecule has 0 saturated carbocycles. The molecule has 1 fully saturated rings. The van der Waals surface area contributed by atoms with E-state index in [2.05, 4.69) is 4.98 Å². The second-order valence-corrected chi connectivity index (χ2v) is 9.11. The summed E-state index contributed by atoms with van der Waals surface area (Å²) in [6.07, 6.45) is 5.32. The number of aryl methyl sites for hydroxylation is 1. The van der Waals surface area contributed by atoms with E-state index in [9.17, 15) is 13.2 Å². The molecule has 0 N–H and O–H groups in total. The molecule has 3 aromatic rings. The van der Waals surface area contributed by atoms with Gasteiger partial charge in [-0.25, -0.2) is 18.2 Å². The molecule has 1 aliphatic rings. The molecule has 0 amide bonds. The number of sulfonamides is 1. The van der Waals surface area contributed by atoms with Gasteiger partial charge < -0.3 is 13.9 Å². The Morgan fingerprint density at radius 2 is 1.97 bits per heavy atom. The first-order valence-corrected chi connectivity index (χ1v) is 11.1. The Balaban J connectivity index is 1.55. The highest BCUT2D eigenvalue weighted by Gasteiger charge is 2.30. The Bertz CT molecular complexity index is 1200. The number of rotatable bonds is 6. The first kappa shape index (κ1) is 20.4. The van der Waals surface area contributed by atoms with Crippen molar-refractivity contribution in [1.82, 2.24) is 13.7 Å². The van der Waals surface area contributed by atoms with Crippen LogP contribution in [-0.4, -0.2) is 48.3 Å². The predicted octanol–water partition coefficient (Wildman–Crippen LogP) is 2.79. The van der Waals surface area contributed by atoms with Gasteiger partial charge in [0.25, 0.3) is 0 Å². The minimum Gasteiger partial charge on any atom is -0.495 e. The zero-order chi connectivity index (χ0) is 21.3.